The summed E-state index contributed by atoms with van der Waals surface area (Å²) >= 11 is 0. The summed E-state index contributed by atoms with van der Waals surface area (Å²) in [6.45, 7) is 8.80. The molecule has 4 nitrogen and oxygen atoms in total. The molecule has 1 aliphatic rings. The molecular formula is C20H25N3O. The number of aromatic nitrogens is 1. The Kier molecular flexibility index (Phi) is 4.84. The third-order valence-corrected chi connectivity index (χ3v) is 4.77. The van der Waals surface area contributed by atoms with Crippen LogP contribution in [0.4, 0.5) is 5.69 Å². The van der Waals surface area contributed by atoms with Gasteiger partial charge in [-0.1, -0.05) is 25.1 Å². The van der Waals surface area contributed by atoms with Gasteiger partial charge in [0.05, 0.1) is 0 Å². The molecule has 0 N–H and O–H groups in total. The first-order valence-corrected chi connectivity index (χ1v) is 8.66. The van der Waals surface area contributed by atoms with Crippen molar-refractivity contribution in [3.63, 3.8) is 0 Å². The lowest BCUT2D eigenvalue weighted by Gasteiger charge is -2.41. The second kappa shape index (κ2) is 7.04. The molecule has 0 radical (unpaired) electrons. The number of amides is 1. The maximum absolute atomic E-state index is 12.9. The van der Waals surface area contributed by atoms with Crippen molar-refractivity contribution >= 4 is 11.6 Å². The highest BCUT2D eigenvalue weighted by Crippen LogP contribution is 2.23. The van der Waals surface area contributed by atoms with E-state index in [1.807, 2.05) is 17.0 Å². The van der Waals surface area contributed by atoms with Crippen LogP contribution in [0, 0.1) is 6.92 Å². The number of hydrogen-bond acceptors (Lipinski definition) is 3. The number of benzene rings is 1. The minimum atomic E-state index is 0.115. The Balaban J connectivity index is 1.74. The van der Waals surface area contributed by atoms with Crippen LogP contribution in [-0.2, 0) is 6.42 Å². The molecule has 2 aromatic rings. The normalized spacial score (nSPS) is 17.9. The number of para-hydroxylation sites is 1. The molecule has 1 aromatic carbocycles. The Labute approximate surface area is 144 Å². The van der Waals surface area contributed by atoms with Gasteiger partial charge >= 0.3 is 0 Å². The van der Waals surface area contributed by atoms with Crippen LogP contribution < -0.4 is 4.90 Å². The Bertz CT molecular complexity index is 728. The molecule has 1 amide bonds. The van der Waals surface area contributed by atoms with Crippen LogP contribution >= 0.6 is 0 Å². The molecule has 0 unspecified atom stereocenters. The van der Waals surface area contributed by atoms with Crippen molar-refractivity contribution in [1.29, 1.82) is 0 Å². The largest absolute Gasteiger partial charge is 0.367 e. The van der Waals surface area contributed by atoms with Gasteiger partial charge in [-0.15, -0.1) is 0 Å². The summed E-state index contributed by atoms with van der Waals surface area (Å²) in [6.07, 6.45) is 2.58. The zero-order chi connectivity index (χ0) is 17.1. The molecule has 0 bridgehead atoms. The second-order valence-electron chi connectivity index (χ2n) is 6.47. The predicted molar refractivity (Wildman–Crippen MR) is 97.5 cm³/mol. The molecule has 2 heterocycles. The molecule has 1 aromatic heterocycles. The first kappa shape index (κ1) is 16.5. The van der Waals surface area contributed by atoms with E-state index >= 15 is 0 Å². The molecule has 1 fully saturated rings. The van der Waals surface area contributed by atoms with Crippen molar-refractivity contribution in [2.75, 3.05) is 24.5 Å². The van der Waals surface area contributed by atoms with Crippen LogP contribution in [0.5, 0.6) is 0 Å². The molecule has 0 spiro atoms. The van der Waals surface area contributed by atoms with Crippen LogP contribution in [0.3, 0.4) is 0 Å². The van der Waals surface area contributed by atoms with Crippen molar-refractivity contribution in [1.82, 2.24) is 9.88 Å². The summed E-state index contributed by atoms with van der Waals surface area (Å²) < 4.78 is 0. The van der Waals surface area contributed by atoms with Crippen molar-refractivity contribution in [3.8, 4) is 0 Å². The lowest BCUT2D eigenvalue weighted by molar-refractivity contribution is 0.0674. The van der Waals surface area contributed by atoms with Crippen molar-refractivity contribution in [2.45, 2.75) is 33.2 Å². The summed E-state index contributed by atoms with van der Waals surface area (Å²) in [5.74, 6) is 0.115. The van der Waals surface area contributed by atoms with Gasteiger partial charge in [-0.25, -0.2) is 0 Å². The molecule has 4 heteroatoms. The minimum absolute atomic E-state index is 0.115. The van der Waals surface area contributed by atoms with Gasteiger partial charge in [-0.3, -0.25) is 9.78 Å². The number of carbonyl (C=O) groups excluding carboxylic acids is 1. The Morgan fingerprint density at radius 1 is 1.25 bits per heavy atom. The van der Waals surface area contributed by atoms with E-state index in [1.54, 1.807) is 6.20 Å². The fourth-order valence-electron chi connectivity index (χ4n) is 3.37. The van der Waals surface area contributed by atoms with Gasteiger partial charge < -0.3 is 9.80 Å². The zero-order valence-corrected chi connectivity index (χ0v) is 14.7. The summed E-state index contributed by atoms with van der Waals surface area (Å²) in [7, 11) is 0. The fraction of sp³-hybridized carbons (Fsp3) is 0.400. The SMILES string of the molecule is CCc1cc(C(=O)N2CCN(c3ccccc3C)C[C@@H]2C)ccn1. The first-order chi connectivity index (χ1) is 11.6. The highest BCUT2D eigenvalue weighted by Gasteiger charge is 2.28. The second-order valence-corrected chi connectivity index (χ2v) is 6.47. The molecular weight excluding hydrogens is 298 g/mol. The van der Waals surface area contributed by atoms with Gasteiger partial charge in [0.2, 0.25) is 0 Å². The van der Waals surface area contributed by atoms with E-state index in [4.69, 9.17) is 0 Å². The number of hydrogen-bond donors (Lipinski definition) is 0. The lowest BCUT2D eigenvalue weighted by atomic mass is 10.1. The van der Waals surface area contributed by atoms with E-state index in [9.17, 15) is 4.79 Å². The summed E-state index contributed by atoms with van der Waals surface area (Å²) in [6, 6.07) is 12.4. The number of anilines is 1. The van der Waals surface area contributed by atoms with Crippen molar-refractivity contribution in [3.05, 3.63) is 59.4 Å². The lowest BCUT2D eigenvalue weighted by Crippen LogP contribution is -2.54. The Hall–Kier alpha value is -2.36. The maximum atomic E-state index is 12.9. The van der Waals surface area contributed by atoms with Gasteiger partial charge in [0.15, 0.2) is 0 Å². The van der Waals surface area contributed by atoms with Crippen LogP contribution in [0.1, 0.15) is 35.5 Å². The van der Waals surface area contributed by atoms with Crippen molar-refractivity contribution in [2.24, 2.45) is 0 Å². The third kappa shape index (κ3) is 3.28. The van der Waals surface area contributed by atoms with E-state index in [2.05, 4.69) is 54.9 Å². The molecule has 1 atom stereocenters. The van der Waals surface area contributed by atoms with Crippen LogP contribution in [0.15, 0.2) is 42.6 Å². The van der Waals surface area contributed by atoms with E-state index in [-0.39, 0.29) is 11.9 Å². The quantitative estimate of drug-likeness (QED) is 0.869. The zero-order valence-electron chi connectivity index (χ0n) is 14.7. The smallest absolute Gasteiger partial charge is 0.254 e. The van der Waals surface area contributed by atoms with Crippen LogP contribution in [0.25, 0.3) is 0 Å². The number of nitrogens with zero attached hydrogens (tertiary/aromatic N) is 3. The van der Waals surface area contributed by atoms with Crippen LogP contribution in [0.2, 0.25) is 0 Å². The van der Waals surface area contributed by atoms with Gasteiger partial charge in [-0.05, 0) is 44.0 Å². The first-order valence-electron chi connectivity index (χ1n) is 8.66. The van der Waals surface area contributed by atoms with E-state index in [1.165, 1.54) is 11.3 Å². The summed E-state index contributed by atoms with van der Waals surface area (Å²) in [5, 5.41) is 0. The fourth-order valence-corrected chi connectivity index (χ4v) is 3.37. The topological polar surface area (TPSA) is 36.4 Å². The van der Waals surface area contributed by atoms with E-state index in [0.717, 1.165) is 37.3 Å². The number of aryl methyl sites for hydroxylation is 2. The summed E-state index contributed by atoms with van der Waals surface area (Å²) in [5.41, 5.74) is 4.27. The Morgan fingerprint density at radius 2 is 2.04 bits per heavy atom. The molecule has 0 saturated carbocycles. The summed E-state index contributed by atoms with van der Waals surface area (Å²) in [4.78, 5) is 21.5. The molecule has 126 valence electrons. The number of piperazine rings is 1. The van der Waals surface area contributed by atoms with E-state index < -0.39 is 0 Å². The molecule has 24 heavy (non-hydrogen) atoms. The molecule has 0 aliphatic carbocycles. The van der Waals surface area contributed by atoms with Gasteiger partial charge in [-0.2, -0.15) is 0 Å². The molecule has 3 rings (SSSR count). The van der Waals surface area contributed by atoms with Gasteiger partial charge in [0.1, 0.15) is 0 Å². The van der Waals surface area contributed by atoms with E-state index in [0.29, 0.717) is 0 Å². The standard InChI is InChI=1S/C20H25N3O/c1-4-18-13-17(9-10-21-18)20(24)23-12-11-22(14-16(23)3)19-8-6-5-7-15(19)2/h5-10,13,16H,4,11-12,14H2,1-3H3/t16-/m0/s1. The third-order valence-electron chi connectivity index (χ3n) is 4.77. The van der Waals surface area contributed by atoms with Gasteiger partial charge in [0.25, 0.3) is 5.91 Å². The minimum Gasteiger partial charge on any atom is -0.367 e. The van der Waals surface area contributed by atoms with Crippen LogP contribution in [-0.4, -0.2) is 41.5 Å². The van der Waals surface area contributed by atoms with Crippen molar-refractivity contribution < 1.29 is 4.79 Å². The number of pyridine rings is 1. The monoisotopic (exact) mass is 323 g/mol. The Morgan fingerprint density at radius 3 is 2.75 bits per heavy atom. The average Bonchev–Trinajstić information content (AvgIpc) is 2.61. The number of carbonyl (C=O) groups is 1. The number of rotatable bonds is 3. The predicted octanol–water partition coefficient (Wildman–Crippen LogP) is 3.30. The average molecular weight is 323 g/mol. The maximum Gasteiger partial charge on any atom is 0.254 e. The molecule has 1 aliphatic heterocycles. The van der Waals surface area contributed by atoms with Gasteiger partial charge in [0, 0.05) is 48.8 Å². The highest BCUT2D eigenvalue weighted by molar-refractivity contribution is 5.94. The highest BCUT2D eigenvalue weighted by atomic mass is 16.2. The molecule has 1 saturated heterocycles.